The first-order chi connectivity index (χ1) is 10.2. The van der Waals surface area contributed by atoms with Crippen molar-refractivity contribution in [3.63, 3.8) is 0 Å². The van der Waals surface area contributed by atoms with Crippen molar-refractivity contribution in [2.24, 2.45) is 0 Å². The van der Waals surface area contributed by atoms with Gasteiger partial charge in [0.2, 0.25) is 5.88 Å². The van der Waals surface area contributed by atoms with Crippen molar-refractivity contribution in [1.82, 2.24) is 20.1 Å². The Balaban J connectivity index is 1.92. The van der Waals surface area contributed by atoms with Crippen LogP contribution in [0.1, 0.15) is 17.3 Å². The molecule has 0 bridgehead atoms. The van der Waals surface area contributed by atoms with Crippen LogP contribution in [-0.4, -0.2) is 66.6 Å². The minimum atomic E-state index is -0.0734. The summed E-state index contributed by atoms with van der Waals surface area (Å²) in [6.45, 7) is 4.64. The normalized spacial score (nSPS) is 14.8. The first-order valence-electron chi connectivity index (χ1n) is 6.97. The third-order valence-corrected chi connectivity index (χ3v) is 3.37. The Morgan fingerprint density at radius 1 is 1.24 bits per heavy atom. The van der Waals surface area contributed by atoms with E-state index in [9.17, 15) is 9.59 Å². The van der Waals surface area contributed by atoms with Gasteiger partial charge in [-0.15, -0.1) is 0 Å². The summed E-state index contributed by atoms with van der Waals surface area (Å²) in [6.07, 6.45) is 1.51. The van der Waals surface area contributed by atoms with E-state index in [1.807, 2.05) is 6.92 Å². The van der Waals surface area contributed by atoms with Gasteiger partial charge in [-0.2, -0.15) is 0 Å². The highest BCUT2D eigenvalue weighted by molar-refractivity contribution is 5.94. The molecule has 7 nitrogen and oxygen atoms in total. The number of ether oxygens (including phenoxy) is 1. The van der Waals surface area contributed by atoms with Crippen molar-refractivity contribution in [2.75, 3.05) is 39.8 Å². The smallest absolute Gasteiger partial charge is 0.317 e. The number of rotatable bonds is 3. The Kier molecular flexibility index (Phi) is 4.97. The van der Waals surface area contributed by atoms with E-state index in [0.717, 1.165) is 0 Å². The molecule has 1 N–H and O–H groups in total. The van der Waals surface area contributed by atoms with Crippen molar-refractivity contribution in [2.45, 2.75) is 6.92 Å². The fraction of sp³-hybridized carbons (Fsp3) is 0.500. The first-order valence-corrected chi connectivity index (χ1v) is 6.97. The fourth-order valence-corrected chi connectivity index (χ4v) is 2.19. The van der Waals surface area contributed by atoms with Crippen LogP contribution in [0.5, 0.6) is 5.88 Å². The van der Waals surface area contributed by atoms with Crippen LogP contribution in [0.25, 0.3) is 0 Å². The van der Waals surface area contributed by atoms with E-state index in [1.165, 1.54) is 13.3 Å². The zero-order valence-corrected chi connectivity index (χ0v) is 12.3. The van der Waals surface area contributed by atoms with E-state index in [0.29, 0.717) is 44.2 Å². The van der Waals surface area contributed by atoms with Gasteiger partial charge >= 0.3 is 6.03 Å². The topological polar surface area (TPSA) is 74.8 Å². The Morgan fingerprint density at radius 2 is 1.90 bits per heavy atom. The number of urea groups is 1. The van der Waals surface area contributed by atoms with Gasteiger partial charge in [-0.05, 0) is 13.0 Å². The number of piperazine rings is 1. The second-order valence-electron chi connectivity index (χ2n) is 4.70. The minimum Gasteiger partial charge on any atom is -0.481 e. The van der Waals surface area contributed by atoms with Crippen molar-refractivity contribution >= 4 is 11.9 Å². The van der Waals surface area contributed by atoms with E-state index in [4.69, 9.17) is 4.74 Å². The second kappa shape index (κ2) is 6.92. The van der Waals surface area contributed by atoms with Crippen LogP contribution in [-0.2, 0) is 0 Å². The summed E-state index contributed by atoms with van der Waals surface area (Å²) in [6, 6.07) is 3.29. The number of carbonyl (C=O) groups is 2. The van der Waals surface area contributed by atoms with Gasteiger partial charge in [-0.25, -0.2) is 9.78 Å². The van der Waals surface area contributed by atoms with Gasteiger partial charge in [0.25, 0.3) is 5.91 Å². The molecule has 0 spiro atoms. The van der Waals surface area contributed by atoms with Gasteiger partial charge < -0.3 is 19.9 Å². The van der Waals surface area contributed by atoms with Crippen LogP contribution in [0.15, 0.2) is 18.3 Å². The Labute approximate surface area is 123 Å². The molecule has 1 saturated heterocycles. The third kappa shape index (κ3) is 3.62. The summed E-state index contributed by atoms with van der Waals surface area (Å²) in [4.78, 5) is 31.5. The average Bonchev–Trinajstić information content (AvgIpc) is 2.54. The molecule has 7 heteroatoms. The molecule has 1 aromatic heterocycles. The predicted molar refractivity (Wildman–Crippen MR) is 77.3 cm³/mol. The molecule has 0 atom stereocenters. The highest BCUT2D eigenvalue weighted by atomic mass is 16.5. The van der Waals surface area contributed by atoms with E-state index in [2.05, 4.69) is 10.3 Å². The van der Waals surface area contributed by atoms with Gasteiger partial charge in [0.1, 0.15) is 0 Å². The number of nitrogens with zero attached hydrogens (tertiary/aromatic N) is 3. The lowest BCUT2D eigenvalue weighted by molar-refractivity contribution is 0.0665. The summed E-state index contributed by atoms with van der Waals surface area (Å²) in [5.74, 6) is 0.410. The fourth-order valence-electron chi connectivity index (χ4n) is 2.19. The van der Waals surface area contributed by atoms with Crippen LogP contribution >= 0.6 is 0 Å². The van der Waals surface area contributed by atoms with Crippen LogP contribution in [0, 0.1) is 0 Å². The Bertz CT molecular complexity index is 495. The summed E-state index contributed by atoms with van der Waals surface area (Å²) < 4.78 is 4.97. The number of pyridine rings is 1. The molecule has 1 aromatic rings. The largest absolute Gasteiger partial charge is 0.481 e. The first kappa shape index (κ1) is 15.1. The maximum absolute atomic E-state index is 12.3. The molecule has 1 aliphatic heterocycles. The Morgan fingerprint density at radius 3 is 2.43 bits per heavy atom. The van der Waals surface area contributed by atoms with Gasteiger partial charge in [0.05, 0.1) is 12.7 Å². The standard InChI is InChI=1S/C14H20N4O3/c1-3-15-14(20)18-8-6-17(7-9-18)13(19)11-4-5-12(21-2)16-10-11/h4-5,10H,3,6-9H2,1-2H3,(H,15,20). The average molecular weight is 292 g/mol. The van der Waals surface area contributed by atoms with Crippen molar-refractivity contribution in [3.05, 3.63) is 23.9 Å². The van der Waals surface area contributed by atoms with E-state index in [1.54, 1.807) is 21.9 Å². The lowest BCUT2D eigenvalue weighted by Crippen LogP contribution is -2.53. The predicted octanol–water partition coefficient (Wildman–Crippen LogP) is 0.577. The summed E-state index contributed by atoms with van der Waals surface area (Å²) in [5, 5.41) is 2.76. The van der Waals surface area contributed by atoms with Crippen LogP contribution in [0.2, 0.25) is 0 Å². The third-order valence-electron chi connectivity index (χ3n) is 3.37. The number of amides is 3. The monoisotopic (exact) mass is 292 g/mol. The highest BCUT2D eigenvalue weighted by Gasteiger charge is 2.24. The van der Waals surface area contributed by atoms with Gasteiger partial charge in [0.15, 0.2) is 0 Å². The molecule has 1 fully saturated rings. The molecule has 0 saturated carbocycles. The molecule has 114 valence electrons. The zero-order valence-electron chi connectivity index (χ0n) is 12.3. The number of methoxy groups -OCH3 is 1. The van der Waals surface area contributed by atoms with Crippen LogP contribution in [0.4, 0.5) is 4.79 Å². The minimum absolute atomic E-state index is 0.0688. The van der Waals surface area contributed by atoms with E-state index >= 15 is 0 Å². The highest BCUT2D eigenvalue weighted by Crippen LogP contribution is 2.11. The summed E-state index contributed by atoms with van der Waals surface area (Å²) >= 11 is 0. The molecule has 0 aromatic carbocycles. The van der Waals surface area contributed by atoms with E-state index < -0.39 is 0 Å². The molecule has 0 aliphatic carbocycles. The number of hydrogen-bond donors (Lipinski definition) is 1. The van der Waals surface area contributed by atoms with Crippen LogP contribution in [0.3, 0.4) is 0 Å². The number of aromatic nitrogens is 1. The molecule has 2 rings (SSSR count). The van der Waals surface area contributed by atoms with E-state index in [-0.39, 0.29) is 11.9 Å². The quantitative estimate of drug-likeness (QED) is 0.884. The zero-order chi connectivity index (χ0) is 15.2. The lowest BCUT2D eigenvalue weighted by Gasteiger charge is -2.34. The molecule has 3 amide bonds. The maximum Gasteiger partial charge on any atom is 0.317 e. The number of nitrogens with one attached hydrogen (secondary N) is 1. The number of carbonyl (C=O) groups excluding carboxylic acids is 2. The van der Waals surface area contributed by atoms with Gasteiger partial charge in [-0.1, -0.05) is 0 Å². The number of hydrogen-bond acceptors (Lipinski definition) is 4. The second-order valence-corrected chi connectivity index (χ2v) is 4.70. The molecular weight excluding hydrogens is 272 g/mol. The van der Waals surface area contributed by atoms with Gasteiger partial charge in [0, 0.05) is 45.0 Å². The molecule has 1 aliphatic rings. The molecule has 21 heavy (non-hydrogen) atoms. The Hall–Kier alpha value is -2.31. The van der Waals surface area contributed by atoms with Crippen molar-refractivity contribution < 1.29 is 14.3 Å². The van der Waals surface area contributed by atoms with Crippen LogP contribution < -0.4 is 10.1 Å². The molecule has 0 radical (unpaired) electrons. The maximum atomic E-state index is 12.3. The molecule has 2 heterocycles. The molecule has 0 unspecified atom stereocenters. The lowest BCUT2D eigenvalue weighted by atomic mass is 10.2. The van der Waals surface area contributed by atoms with Gasteiger partial charge in [-0.3, -0.25) is 4.79 Å². The summed E-state index contributed by atoms with van der Waals surface area (Å²) in [7, 11) is 1.53. The van der Waals surface area contributed by atoms with Crippen molar-refractivity contribution in [1.29, 1.82) is 0 Å². The van der Waals surface area contributed by atoms with Crippen molar-refractivity contribution in [3.8, 4) is 5.88 Å². The SMILES string of the molecule is CCNC(=O)N1CCN(C(=O)c2ccc(OC)nc2)CC1. The summed E-state index contributed by atoms with van der Waals surface area (Å²) in [5.41, 5.74) is 0.530. The molecular formula is C14H20N4O3.